The minimum atomic E-state index is -0.519. The van der Waals surface area contributed by atoms with Crippen molar-refractivity contribution in [3.63, 3.8) is 0 Å². The third kappa shape index (κ3) is 1.59. The molecule has 0 saturated heterocycles. The van der Waals surface area contributed by atoms with E-state index in [1.54, 1.807) is 14.0 Å². The molecule has 4 heteroatoms. The van der Waals surface area contributed by atoms with Gasteiger partial charge in [-0.05, 0) is 37.8 Å². The second kappa shape index (κ2) is 3.90. The maximum Gasteiger partial charge on any atom is 0.142 e. The van der Waals surface area contributed by atoms with Crippen LogP contribution in [-0.4, -0.2) is 7.11 Å². The third-order valence-corrected chi connectivity index (χ3v) is 3.67. The second-order valence-corrected chi connectivity index (χ2v) is 4.79. The van der Waals surface area contributed by atoms with Crippen molar-refractivity contribution < 1.29 is 9.13 Å². The number of ether oxygens (including phenoxy) is 1. The van der Waals surface area contributed by atoms with Gasteiger partial charge in [0.25, 0.3) is 0 Å². The summed E-state index contributed by atoms with van der Waals surface area (Å²) in [7, 11) is 1.56. The number of halogens is 2. The van der Waals surface area contributed by atoms with Crippen molar-refractivity contribution >= 4 is 11.6 Å². The number of nitrogens with two attached hydrogens (primary N) is 1. The number of hydrogen-bond acceptors (Lipinski definition) is 2. The van der Waals surface area contributed by atoms with Gasteiger partial charge in [0.2, 0.25) is 0 Å². The van der Waals surface area contributed by atoms with E-state index in [4.69, 9.17) is 22.1 Å². The maximum atomic E-state index is 13.6. The number of rotatable bonds is 2. The molecule has 1 saturated carbocycles. The molecule has 1 aliphatic rings. The SMILES string of the molecule is COc1c(C)cc(F)c(Cl)c1C1(N)CCC1. The second-order valence-electron chi connectivity index (χ2n) is 4.41. The molecule has 88 valence electrons. The van der Waals surface area contributed by atoms with Crippen molar-refractivity contribution in [1.29, 1.82) is 0 Å². The van der Waals surface area contributed by atoms with E-state index in [1.165, 1.54) is 6.07 Å². The summed E-state index contributed by atoms with van der Waals surface area (Å²) in [4.78, 5) is 0. The first-order valence-corrected chi connectivity index (χ1v) is 5.69. The van der Waals surface area contributed by atoms with Crippen molar-refractivity contribution in [2.45, 2.75) is 31.7 Å². The lowest BCUT2D eigenvalue weighted by molar-refractivity contribution is 0.242. The average Bonchev–Trinajstić information content (AvgIpc) is 2.19. The molecule has 1 aromatic rings. The van der Waals surface area contributed by atoms with Gasteiger partial charge in [0.15, 0.2) is 0 Å². The molecule has 2 nitrogen and oxygen atoms in total. The Bertz CT molecular complexity index is 430. The predicted molar refractivity (Wildman–Crippen MR) is 62.4 cm³/mol. The van der Waals surface area contributed by atoms with Crippen LogP contribution in [0.4, 0.5) is 4.39 Å². The maximum absolute atomic E-state index is 13.6. The predicted octanol–water partition coefficient (Wildman–Crippen LogP) is 3.13. The first-order chi connectivity index (χ1) is 7.49. The van der Waals surface area contributed by atoms with Crippen LogP contribution in [0.25, 0.3) is 0 Å². The van der Waals surface area contributed by atoms with Crippen molar-refractivity contribution in [3.8, 4) is 5.75 Å². The fourth-order valence-corrected chi connectivity index (χ4v) is 2.58. The highest BCUT2D eigenvalue weighted by molar-refractivity contribution is 6.32. The molecule has 16 heavy (non-hydrogen) atoms. The normalized spacial score (nSPS) is 18.1. The van der Waals surface area contributed by atoms with E-state index in [0.29, 0.717) is 11.3 Å². The van der Waals surface area contributed by atoms with Crippen LogP contribution >= 0.6 is 11.6 Å². The highest BCUT2D eigenvalue weighted by atomic mass is 35.5. The van der Waals surface area contributed by atoms with Crippen molar-refractivity contribution in [3.05, 3.63) is 28.0 Å². The summed E-state index contributed by atoms with van der Waals surface area (Å²) in [5.41, 5.74) is 7.05. The Kier molecular flexibility index (Phi) is 2.84. The minimum absolute atomic E-state index is 0.102. The fraction of sp³-hybridized carbons (Fsp3) is 0.500. The molecule has 0 aromatic heterocycles. The first-order valence-electron chi connectivity index (χ1n) is 5.31. The Morgan fingerprint density at radius 2 is 2.12 bits per heavy atom. The van der Waals surface area contributed by atoms with Gasteiger partial charge in [0, 0.05) is 11.1 Å². The Hall–Kier alpha value is -0.800. The standard InChI is InChI=1S/C12H15ClFNO/c1-7-6-8(14)10(13)9(11(7)16-2)12(15)4-3-5-12/h6H,3-5,15H2,1-2H3. The Morgan fingerprint density at radius 1 is 1.50 bits per heavy atom. The lowest BCUT2D eigenvalue weighted by Crippen LogP contribution is -2.44. The van der Waals surface area contributed by atoms with E-state index in [-0.39, 0.29) is 5.02 Å². The summed E-state index contributed by atoms with van der Waals surface area (Å²) in [5.74, 6) is 0.195. The summed E-state index contributed by atoms with van der Waals surface area (Å²) >= 11 is 6.01. The van der Waals surface area contributed by atoms with E-state index in [9.17, 15) is 4.39 Å². The largest absolute Gasteiger partial charge is 0.496 e. The summed E-state index contributed by atoms with van der Waals surface area (Å²) in [6.45, 7) is 1.80. The fourth-order valence-electron chi connectivity index (χ4n) is 2.25. The van der Waals surface area contributed by atoms with E-state index in [0.717, 1.165) is 24.8 Å². The first kappa shape index (κ1) is 11.7. The van der Waals surface area contributed by atoms with Gasteiger partial charge in [-0.2, -0.15) is 0 Å². The third-order valence-electron chi connectivity index (χ3n) is 3.31. The van der Waals surface area contributed by atoms with Crippen molar-refractivity contribution in [2.75, 3.05) is 7.11 Å². The zero-order chi connectivity index (χ0) is 11.9. The van der Waals surface area contributed by atoms with Gasteiger partial charge in [-0.1, -0.05) is 11.6 Å². The number of methoxy groups -OCH3 is 1. The highest BCUT2D eigenvalue weighted by Crippen LogP contribution is 2.47. The molecule has 0 bridgehead atoms. The molecular formula is C12H15ClFNO. The lowest BCUT2D eigenvalue weighted by atomic mass is 9.72. The van der Waals surface area contributed by atoms with Crippen molar-refractivity contribution in [1.82, 2.24) is 0 Å². The topological polar surface area (TPSA) is 35.2 Å². The average molecular weight is 244 g/mol. The van der Waals surface area contributed by atoms with E-state index < -0.39 is 11.4 Å². The summed E-state index contributed by atoms with van der Waals surface area (Å²) in [6, 6.07) is 1.38. The Balaban J connectivity index is 2.65. The number of aryl methyl sites for hydroxylation is 1. The van der Waals surface area contributed by atoms with Crippen LogP contribution in [0.15, 0.2) is 6.07 Å². The van der Waals surface area contributed by atoms with Gasteiger partial charge in [-0.25, -0.2) is 4.39 Å². The molecule has 0 unspecified atom stereocenters. The molecule has 2 N–H and O–H groups in total. The molecule has 1 aromatic carbocycles. The number of benzene rings is 1. The van der Waals surface area contributed by atoms with Crippen LogP contribution in [-0.2, 0) is 5.54 Å². The number of hydrogen-bond donors (Lipinski definition) is 1. The zero-order valence-corrected chi connectivity index (χ0v) is 10.2. The van der Waals surface area contributed by atoms with Gasteiger partial charge in [0.05, 0.1) is 12.1 Å². The quantitative estimate of drug-likeness (QED) is 0.866. The minimum Gasteiger partial charge on any atom is -0.496 e. The summed E-state index contributed by atoms with van der Waals surface area (Å²) in [5, 5.41) is 0.102. The van der Waals surface area contributed by atoms with Gasteiger partial charge < -0.3 is 10.5 Å². The van der Waals surface area contributed by atoms with Gasteiger partial charge in [-0.3, -0.25) is 0 Å². The molecule has 0 heterocycles. The molecule has 0 atom stereocenters. The molecule has 0 spiro atoms. The van der Waals surface area contributed by atoms with Crippen LogP contribution in [0.2, 0.25) is 5.02 Å². The molecule has 0 aliphatic heterocycles. The lowest BCUT2D eigenvalue weighted by Gasteiger charge is -2.40. The van der Waals surface area contributed by atoms with Crippen LogP contribution in [0.5, 0.6) is 5.75 Å². The van der Waals surface area contributed by atoms with Crippen LogP contribution in [0.1, 0.15) is 30.4 Å². The van der Waals surface area contributed by atoms with Gasteiger partial charge >= 0.3 is 0 Å². The molecule has 2 rings (SSSR count). The van der Waals surface area contributed by atoms with Crippen LogP contribution in [0.3, 0.4) is 0 Å². The monoisotopic (exact) mass is 243 g/mol. The summed E-state index contributed by atoms with van der Waals surface area (Å²) < 4.78 is 18.9. The molecular weight excluding hydrogens is 229 g/mol. The summed E-state index contributed by atoms with van der Waals surface area (Å²) in [6.07, 6.45) is 2.70. The molecule has 0 amide bonds. The van der Waals surface area contributed by atoms with Gasteiger partial charge in [0.1, 0.15) is 11.6 Å². The Labute approximate surface area is 99.5 Å². The van der Waals surface area contributed by atoms with Crippen LogP contribution < -0.4 is 10.5 Å². The van der Waals surface area contributed by atoms with Crippen LogP contribution in [0, 0.1) is 12.7 Å². The van der Waals surface area contributed by atoms with E-state index in [1.807, 2.05) is 0 Å². The molecule has 1 fully saturated rings. The smallest absolute Gasteiger partial charge is 0.142 e. The highest BCUT2D eigenvalue weighted by Gasteiger charge is 2.39. The van der Waals surface area contributed by atoms with E-state index >= 15 is 0 Å². The van der Waals surface area contributed by atoms with E-state index in [2.05, 4.69) is 0 Å². The molecule has 0 radical (unpaired) electrons. The van der Waals surface area contributed by atoms with Crippen molar-refractivity contribution in [2.24, 2.45) is 5.73 Å². The Morgan fingerprint density at radius 3 is 2.56 bits per heavy atom. The zero-order valence-electron chi connectivity index (χ0n) is 9.44. The molecule has 1 aliphatic carbocycles. The van der Waals surface area contributed by atoms with Gasteiger partial charge in [-0.15, -0.1) is 0 Å².